The Hall–Kier alpha value is -0.280. The molecule has 1 aromatic rings. The Bertz CT molecular complexity index is 450. The molecule has 0 unspecified atom stereocenters. The number of hydrogen-bond acceptors (Lipinski definition) is 2. The summed E-state index contributed by atoms with van der Waals surface area (Å²) in [6, 6.07) is 5.50. The average molecular weight is 302 g/mol. The predicted octanol–water partition coefficient (Wildman–Crippen LogP) is 3.93. The quantitative estimate of drug-likeness (QED) is 0.914. The van der Waals surface area contributed by atoms with Crippen LogP contribution < -0.4 is 0 Å². The zero-order chi connectivity index (χ0) is 14.0. The normalized spacial score (nSPS) is 27.8. The molecule has 1 aliphatic carbocycles. The number of benzene rings is 1. The Morgan fingerprint density at radius 3 is 2.63 bits per heavy atom. The summed E-state index contributed by atoms with van der Waals surface area (Å²) in [5.74, 6) is 0.244. The van der Waals surface area contributed by atoms with Crippen molar-refractivity contribution in [2.24, 2.45) is 5.92 Å². The van der Waals surface area contributed by atoms with Gasteiger partial charge in [0.2, 0.25) is 0 Å². The Labute approximate surface area is 125 Å². The van der Waals surface area contributed by atoms with Gasteiger partial charge in [-0.25, -0.2) is 0 Å². The second-order valence-electron chi connectivity index (χ2n) is 5.76. The molecule has 0 aliphatic heterocycles. The molecule has 0 radical (unpaired) electrons. The summed E-state index contributed by atoms with van der Waals surface area (Å²) in [5, 5.41) is 12.2. The summed E-state index contributed by atoms with van der Waals surface area (Å²) in [6.07, 6.45) is 4.08. The second kappa shape index (κ2) is 6.01. The average Bonchev–Trinajstić information content (AvgIpc) is 2.35. The molecule has 19 heavy (non-hydrogen) atoms. The van der Waals surface area contributed by atoms with Crippen molar-refractivity contribution in [1.82, 2.24) is 4.90 Å². The van der Waals surface area contributed by atoms with E-state index in [2.05, 4.69) is 4.90 Å². The molecule has 2 rings (SSSR count). The molecule has 0 spiro atoms. The Kier molecular flexibility index (Phi) is 4.78. The molecular weight excluding hydrogens is 281 g/mol. The lowest BCUT2D eigenvalue weighted by atomic mass is 9.71. The van der Waals surface area contributed by atoms with E-state index in [0.29, 0.717) is 10.0 Å². The van der Waals surface area contributed by atoms with E-state index in [1.807, 2.05) is 26.2 Å². The summed E-state index contributed by atoms with van der Waals surface area (Å²) >= 11 is 12.1. The molecule has 1 fully saturated rings. The van der Waals surface area contributed by atoms with Gasteiger partial charge in [0.15, 0.2) is 0 Å². The lowest BCUT2D eigenvalue weighted by Crippen LogP contribution is -2.43. The van der Waals surface area contributed by atoms with E-state index in [1.54, 1.807) is 6.07 Å². The molecule has 0 amide bonds. The van der Waals surface area contributed by atoms with Crippen molar-refractivity contribution >= 4 is 23.2 Å². The van der Waals surface area contributed by atoms with Crippen molar-refractivity contribution in [2.75, 3.05) is 20.6 Å². The van der Waals surface area contributed by atoms with Crippen LogP contribution in [0.5, 0.6) is 0 Å². The van der Waals surface area contributed by atoms with Crippen LogP contribution in [0.25, 0.3) is 0 Å². The maximum Gasteiger partial charge on any atom is 0.0937 e. The fraction of sp³-hybridized carbons (Fsp3) is 0.600. The third-order valence-electron chi connectivity index (χ3n) is 4.04. The van der Waals surface area contributed by atoms with Crippen LogP contribution >= 0.6 is 23.2 Å². The smallest absolute Gasteiger partial charge is 0.0937 e. The Morgan fingerprint density at radius 1 is 1.26 bits per heavy atom. The molecular formula is C15H21Cl2NO. The minimum absolute atomic E-state index is 0.244. The van der Waals surface area contributed by atoms with Gasteiger partial charge < -0.3 is 10.0 Å². The zero-order valence-corrected chi connectivity index (χ0v) is 13.0. The largest absolute Gasteiger partial charge is 0.385 e. The van der Waals surface area contributed by atoms with Crippen LogP contribution in [0.4, 0.5) is 0 Å². The summed E-state index contributed by atoms with van der Waals surface area (Å²) in [5.41, 5.74) is 0.116. The van der Waals surface area contributed by atoms with E-state index < -0.39 is 5.60 Å². The molecule has 0 bridgehead atoms. The highest BCUT2D eigenvalue weighted by molar-refractivity contribution is 6.42. The molecule has 1 aromatic carbocycles. The van der Waals surface area contributed by atoms with Crippen LogP contribution in [0.3, 0.4) is 0 Å². The zero-order valence-electron chi connectivity index (χ0n) is 11.5. The molecule has 1 saturated carbocycles. The number of halogens is 2. The first-order valence-corrected chi connectivity index (χ1v) is 7.51. The van der Waals surface area contributed by atoms with Crippen LogP contribution in [0.1, 0.15) is 31.2 Å². The van der Waals surface area contributed by atoms with E-state index in [9.17, 15) is 5.11 Å². The van der Waals surface area contributed by atoms with Gasteiger partial charge in [0.1, 0.15) is 0 Å². The highest BCUT2D eigenvalue weighted by Crippen LogP contribution is 2.43. The molecule has 0 heterocycles. The van der Waals surface area contributed by atoms with Gasteiger partial charge in [-0.3, -0.25) is 0 Å². The lowest BCUT2D eigenvalue weighted by molar-refractivity contribution is -0.0618. The van der Waals surface area contributed by atoms with Gasteiger partial charge in [0.25, 0.3) is 0 Å². The molecule has 4 heteroatoms. The fourth-order valence-corrected chi connectivity index (χ4v) is 3.35. The monoisotopic (exact) mass is 301 g/mol. The van der Waals surface area contributed by atoms with Gasteiger partial charge in [-0.2, -0.15) is 0 Å². The Balaban J connectivity index is 2.33. The van der Waals surface area contributed by atoms with Gasteiger partial charge in [-0.05, 0) is 44.6 Å². The first kappa shape index (κ1) is 15.1. The maximum atomic E-state index is 11.1. The molecule has 1 N–H and O–H groups in total. The van der Waals surface area contributed by atoms with Crippen LogP contribution in [0.2, 0.25) is 10.0 Å². The fourth-order valence-electron chi connectivity index (χ4n) is 3.06. The lowest BCUT2D eigenvalue weighted by Gasteiger charge is -2.41. The van der Waals surface area contributed by atoms with Crippen LogP contribution in [-0.2, 0) is 5.60 Å². The number of aliphatic hydroxyl groups is 1. The first-order valence-electron chi connectivity index (χ1n) is 6.76. The van der Waals surface area contributed by atoms with E-state index in [1.165, 1.54) is 6.42 Å². The van der Waals surface area contributed by atoms with Crippen molar-refractivity contribution in [3.05, 3.63) is 33.8 Å². The van der Waals surface area contributed by atoms with E-state index in [0.717, 1.165) is 31.4 Å². The molecule has 2 atom stereocenters. The number of nitrogens with zero attached hydrogens (tertiary/aromatic N) is 1. The van der Waals surface area contributed by atoms with Gasteiger partial charge in [-0.1, -0.05) is 42.1 Å². The van der Waals surface area contributed by atoms with Crippen LogP contribution in [0.15, 0.2) is 18.2 Å². The van der Waals surface area contributed by atoms with Crippen molar-refractivity contribution in [3.8, 4) is 0 Å². The van der Waals surface area contributed by atoms with E-state index in [4.69, 9.17) is 23.2 Å². The maximum absolute atomic E-state index is 11.1. The minimum Gasteiger partial charge on any atom is -0.385 e. The van der Waals surface area contributed by atoms with Crippen LogP contribution in [0, 0.1) is 5.92 Å². The summed E-state index contributed by atoms with van der Waals surface area (Å²) < 4.78 is 0. The van der Waals surface area contributed by atoms with Crippen LogP contribution in [-0.4, -0.2) is 30.6 Å². The molecule has 0 saturated heterocycles. The second-order valence-corrected chi connectivity index (χ2v) is 6.57. The van der Waals surface area contributed by atoms with E-state index >= 15 is 0 Å². The highest BCUT2D eigenvalue weighted by atomic mass is 35.5. The van der Waals surface area contributed by atoms with E-state index in [-0.39, 0.29) is 5.92 Å². The molecule has 1 aliphatic rings. The van der Waals surface area contributed by atoms with Gasteiger partial charge >= 0.3 is 0 Å². The first-order chi connectivity index (χ1) is 8.93. The summed E-state index contributed by atoms with van der Waals surface area (Å²) in [6.45, 7) is 0.886. The van der Waals surface area contributed by atoms with Gasteiger partial charge in [-0.15, -0.1) is 0 Å². The van der Waals surface area contributed by atoms with Crippen molar-refractivity contribution in [2.45, 2.75) is 31.3 Å². The van der Waals surface area contributed by atoms with Gasteiger partial charge in [0, 0.05) is 12.5 Å². The van der Waals surface area contributed by atoms with Gasteiger partial charge in [0.05, 0.1) is 15.6 Å². The van der Waals surface area contributed by atoms with Crippen molar-refractivity contribution in [3.63, 3.8) is 0 Å². The van der Waals surface area contributed by atoms with Crippen molar-refractivity contribution in [1.29, 1.82) is 0 Å². The summed E-state index contributed by atoms with van der Waals surface area (Å²) in [4.78, 5) is 2.14. The summed E-state index contributed by atoms with van der Waals surface area (Å²) in [7, 11) is 4.09. The standard InChI is InChI=1S/C15H21Cl2NO/c1-18(2)10-12-5-3-4-8-15(12,19)11-6-7-13(16)14(17)9-11/h6-7,9,12,19H,3-5,8,10H2,1-2H3/t12-,15+/m0/s1. The minimum atomic E-state index is -0.781. The number of hydrogen-bond donors (Lipinski definition) is 1. The third kappa shape index (κ3) is 3.25. The molecule has 2 nitrogen and oxygen atoms in total. The Morgan fingerprint density at radius 2 is 2.00 bits per heavy atom. The number of rotatable bonds is 3. The topological polar surface area (TPSA) is 23.5 Å². The third-order valence-corrected chi connectivity index (χ3v) is 4.78. The predicted molar refractivity (Wildman–Crippen MR) is 80.9 cm³/mol. The highest BCUT2D eigenvalue weighted by Gasteiger charge is 2.40. The molecule has 106 valence electrons. The molecule has 0 aromatic heterocycles. The SMILES string of the molecule is CN(C)C[C@@H]1CCCC[C@@]1(O)c1ccc(Cl)c(Cl)c1. The van der Waals surface area contributed by atoms with Crippen molar-refractivity contribution < 1.29 is 5.11 Å².